The lowest BCUT2D eigenvalue weighted by Crippen LogP contribution is -2.17. The molecule has 0 aliphatic rings. The van der Waals surface area contributed by atoms with Crippen LogP contribution in [0.15, 0.2) is 258 Å². The molecule has 11 aromatic carbocycles. The van der Waals surface area contributed by atoms with Crippen molar-refractivity contribution in [2.24, 2.45) is 0 Å². The molecular weight excluding hydrogens is 819 g/mol. The molecule has 0 fully saturated rings. The van der Waals surface area contributed by atoms with Gasteiger partial charge in [0.25, 0.3) is 0 Å². The van der Waals surface area contributed by atoms with Gasteiger partial charge in [-0.15, -0.1) is 0 Å². The lowest BCUT2D eigenvalue weighted by atomic mass is 9.96. The molecular formula is C62H41N3O2. The number of rotatable bonds is 9. The third kappa shape index (κ3) is 6.47. The number of nitrogens with zero attached hydrogens (tertiary/aromatic N) is 3. The van der Waals surface area contributed by atoms with Gasteiger partial charge in [0.2, 0.25) is 0 Å². The van der Waals surface area contributed by atoms with Crippen molar-refractivity contribution in [3.8, 4) is 0 Å². The Labute approximate surface area is 387 Å². The SMILES string of the molecule is c1ccc(N(c2ccccc2)c2ccccc2N(c2ccccc2)c2cccc(N(c3ccc4oc5ccccc5c4c3)c3ccc4c5ccccc5c5oc6ccccc6c5c4c3)c2)cc1. The predicted molar refractivity (Wildman–Crippen MR) is 280 cm³/mol. The molecule has 2 heterocycles. The van der Waals surface area contributed by atoms with E-state index in [9.17, 15) is 0 Å². The van der Waals surface area contributed by atoms with Gasteiger partial charge in [-0.3, -0.25) is 0 Å². The van der Waals surface area contributed by atoms with E-state index >= 15 is 0 Å². The van der Waals surface area contributed by atoms with Crippen molar-refractivity contribution in [2.75, 3.05) is 14.7 Å². The molecule has 5 heteroatoms. The Balaban J connectivity index is 1.05. The van der Waals surface area contributed by atoms with Crippen molar-refractivity contribution < 1.29 is 8.83 Å². The van der Waals surface area contributed by atoms with Crippen LogP contribution in [0.4, 0.5) is 51.2 Å². The molecule has 0 N–H and O–H groups in total. The first kappa shape index (κ1) is 38.4. The van der Waals surface area contributed by atoms with E-state index in [0.29, 0.717) is 0 Å². The van der Waals surface area contributed by atoms with Crippen LogP contribution in [0, 0.1) is 0 Å². The van der Waals surface area contributed by atoms with Crippen LogP contribution in [0.3, 0.4) is 0 Å². The number of para-hydroxylation sites is 7. The minimum atomic E-state index is 0.850. The van der Waals surface area contributed by atoms with Crippen molar-refractivity contribution in [3.63, 3.8) is 0 Å². The molecule has 0 aliphatic carbocycles. The van der Waals surface area contributed by atoms with Gasteiger partial charge in [0, 0.05) is 66.7 Å². The van der Waals surface area contributed by atoms with Gasteiger partial charge < -0.3 is 23.5 Å². The predicted octanol–water partition coefficient (Wildman–Crippen LogP) is 18.2. The Kier molecular flexibility index (Phi) is 9.10. The Bertz CT molecular complexity index is 3910. The molecule has 316 valence electrons. The molecule has 5 nitrogen and oxygen atoms in total. The summed E-state index contributed by atoms with van der Waals surface area (Å²) in [5.74, 6) is 0. The van der Waals surface area contributed by atoms with Crippen LogP contribution in [0.5, 0.6) is 0 Å². The summed E-state index contributed by atoms with van der Waals surface area (Å²) in [7, 11) is 0. The van der Waals surface area contributed by atoms with E-state index in [1.165, 1.54) is 5.39 Å². The smallest absolute Gasteiger partial charge is 0.143 e. The summed E-state index contributed by atoms with van der Waals surface area (Å²) in [4.78, 5) is 7.09. The summed E-state index contributed by atoms with van der Waals surface area (Å²) in [5.41, 5.74) is 12.8. The van der Waals surface area contributed by atoms with E-state index in [1.807, 2.05) is 18.2 Å². The van der Waals surface area contributed by atoms with Crippen LogP contribution in [0.1, 0.15) is 0 Å². The van der Waals surface area contributed by atoms with Crippen LogP contribution < -0.4 is 14.7 Å². The molecule has 0 unspecified atom stereocenters. The van der Waals surface area contributed by atoms with Crippen molar-refractivity contribution in [1.29, 1.82) is 0 Å². The molecule has 13 rings (SSSR count). The maximum atomic E-state index is 6.70. The van der Waals surface area contributed by atoms with E-state index in [2.05, 4.69) is 245 Å². The molecule has 0 radical (unpaired) electrons. The monoisotopic (exact) mass is 859 g/mol. The number of fused-ring (bicyclic) bond motifs is 11. The Hall–Kier alpha value is -9.06. The second-order valence-corrected chi connectivity index (χ2v) is 16.9. The summed E-state index contributed by atoms with van der Waals surface area (Å²) in [6.45, 7) is 0. The molecule has 0 atom stereocenters. The summed E-state index contributed by atoms with van der Waals surface area (Å²) in [6, 6.07) is 88.1. The molecule has 2 aromatic heterocycles. The molecule has 0 bridgehead atoms. The normalized spacial score (nSPS) is 11.6. The van der Waals surface area contributed by atoms with Gasteiger partial charge >= 0.3 is 0 Å². The lowest BCUT2D eigenvalue weighted by molar-refractivity contribution is 0.669. The molecule has 0 spiro atoms. The highest BCUT2D eigenvalue weighted by Crippen LogP contribution is 2.49. The first-order valence-electron chi connectivity index (χ1n) is 22.7. The highest BCUT2D eigenvalue weighted by atomic mass is 16.3. The fraction of sp³-hybridized carbons (Fsp3) is 0. The van der Waals surface area contributed by atoms with E-state index in [0.717, 1.165) is 111 Å². The molecule has 0 saturated heterocycles. The summed E-state index contributed by atoms with van der Waals surface area (Å²) < 4.78 is 13.1. The average Bonchev–Trinajstić information content (AvgIpc) is 3.98. The van der Waals surface area contributed by atoms with E-state index < -0.39 is 0 Å². The number of anilines is 9. The third-order valence-electron chi connectivity index (χ3n) is 13.0. The minimum Gasteiger partial charge on any atom is -0.456 e. The summed E-state index contributed by atoms with van der Waals surface area (Å²) >= 11 is 0. The van der Waals surface area contributed by atoms with E-state index in [1.54, 1.807) is 0 Å². The minimum absolute atomic E-state index is 0.850. The Morgan fingerprint density at radius 2 is 0.642 bits per heavy atom. The van der Waals surface area contributed by atoms with Crippen LogP contribution in [0.2, 0.25) is 0 Å². The van der Waals surface area contributed by atoms with Crippen molar-refractivity contribution in [1.82, 2.24) is 0 Å². The van der Waals surface area contributed by atoms with Crippen molar-refractivity contribution in [2.45, 2.75) is 0 Å². The van der Waals surface area contributed by atoms with Gasteiger partial charge in [-0.25, -0.2) is 0 Å². The highest BCUT2D eigenvalue weighted by molar-refractivity contribution is 6.30. The zero-order valence-electron chi connectivity index (χ0n) is 36.3. The summed E-state index contributed by atoms with van der Waals surface area (Å²) in [6.07, 6.45) is 0. The van der Waals surface area contributed by atoms with E-state index in [4.69, 9.17) is 8.83 Å². The van der Waals surface area contributed by atoms with E-state index in [-0.39, 0.29) is 0 Å². The van der Waals surface area contributed by atoms with Gasteiger partial charge in [0.15, 0.2) is 0 Å². The van der Waals surface area contributed by atoms with Crippen LogP contribution in [0.25, 0.3) is 65.4 Å². The first-order chi connectivity index (χ1) is 33.2. The Morgan fingerprint density at radius 1 is 0.224 bits per heavy atom. The molecule has 0 amide bonds. The number of benzene rings is 11. The largest absolute Gasteiger partial charge is 0.456 e. The second kappa shape index (κ2) is 15.9. The lowest BCUT2D eigenvalue weighted by Gasteiger charge is -2.34. The van der Waals surface area contributed by atoms with Gasteiger partial charge in [0.1, 0.15) is 22.3 Å². The maximum Gasteiger partial charge on any atom is 0.143 e. The molecule has 67 heavy (non-hydrogen) atoms. The van der Waals surface area contributed by atoms with Crippen molar-refractivity contribution >= 4 is 117 Å². The van der Waals surface area contributed by atoms with Crippen LogP contribution in [-0.4, -0.2) is 0 Å². The summed E-state index contributed by atoms with van der Waals surface area (Å²) in [5, 5.41) is 8.93. The second-order valence-electron chi connectivity index (χ2n) is 16.9. The fourth-order valence-corrected chi connectivity index (χ4v) is 10.0. The number of hydrogen-bond donors (Lipinski definition) is 0. The number of furan rings is 2. The standard InChI is InChI=1S/C62H41N3O2/c1-4-19-42(20-5-1)64(43-21-6-2-7-22-43)56-31-14-15-32-57(56)65(44-23-8-3-9-24-44)46-26-18-25-45(39-46)63(48-36-38-60-54(40-48)51-28-12-16-33-58(51)66-60)47-35-37-50-49-27-10-11-29-52(49)62-61(55(50)41-47)53-30-13-17-34-59(53)67-62/h1-41H. The van der Waals surface area contributed by atoms with Gasteiger partial charge in [-0.2, -0.15) is 0 Å². The quantitative estimate of drug-likeness (QED) is 0.135. The molecule has 13 aromatic rings. The third-order valence-corrected chi connectivity index (χ3v) is 13.0. The zero-order chi connectivity index (χ0) is 44.3. The van der Waals surface area contributed by atoms with Gasteiger partial charge in [-0.05, 0) is 125 Å². The maximum absolute atomic E-state index is 6.70. The fourth-order valence-electron chi connectivity index (χ4n) is 10.0. The average molecular weight is 860 g/mol. The molecule has 0 aliphatic heterocycles. The Morgan fingerprint density at radius 3 is 1.28 bits per heavy atom. The van der Waals surface area contributed by atoms with Crippen LogP contribution >= 0.6 is 0 Å². The van der Waals surface area contributed by atoms with Crippen LogP contribution in [-0.2, 0) is 0 Å². The van der Waals surface area contributed by atoms with Crippen molar-refractivity contribution in [3.05, 3.63) is 249 Å². The number of hydrogen-bond acceptors (Lipinski definition) is 5. The molecule has 0 saturated carbocycles. The van der Waals surface area contributed by atoms with Gasteiger partial charge in [-0.1, -0.05) is 140 Å². The zero-order valence-corrected chi connectivity index (χ0v) is 36.3. The topological polar surface area (TPSA) is 36.0 Å². The highest BCUT2D eigenvalue weighted by Gasteiger charge is 2.24. The van der Waals surface area contributed by atoms with Gasteiger partial charge in [0.05, 0.1) is 11.4 Å². The first-order valence-corrected chi connectivity index (χ1v) is 22.7.